The molecule has 1 aromatic carbocycles. The van der Waals surface area contributed by atoms with Crippen LogP contribution in [0.15, 0.2) is 12.1 Å². The average Bonchev–Trinajstić information content (AvgIpc) is 2.60. The molecule has 2 aliphatic heterocycles. The van der Waals surface area contributed by atoms with Gasteiger partial charge in [-0.3, -0.25) is 0 Å². The van der Waals surface area contributed by atoms with E-state index in [1.165, 1.54) is 17.7 Å². The van der Waals surface area contributed by atoms with E-state index in [0.717, 1.165) is 28.9 Å². The van der Waals surface area contributed by atoms with Crippen LogP contribution in [0.2, 0.25) is 0 Å². The zero-order chi connectivity index (χ0) is 10.5. The van der Waals surface area contributed by atoms with Crippen molar-refractivity contribution in [3.8, 4) is 11.5 Å². The summed E-state index contributed by atoms with van der Waals surface area (Å²) < 4.78 is 11.9. The Bertz CT molecular complexity index is 418. The Balaban J connectivity index is 0.000000963. The number of likely N-dealkylation sites (N-methyl/N-ethyl adjacent to an activating group) is 1. The molecular weight excluding hydrogens is 270 g/mol. The van der Waals surface area contributed by atoms with Crippen LogP contribution >= 0.6 is 0 Å². The fraction of sp³-hybridized carbons (Fsp3) is 0.500. The fourth-order valence-corrected chi connectivity index (χ4v) is 2.37. The van der Waals surface area contributed by atoms with E-state index in [4.69, 9.17) is 9.47 Å². The maximum Gasteiger partial charge on any atom is 0.231 e. The minimum Gasteiger partial charge on any atom is -1.00 e. The number of benzene rings is 1. The number of rotatable bonds is 0. The van der Waals surface area contributed by atoms with E-state index in [-0.39, 0.29) is 17.0 Å². The second kappa shape index (κ2) is 3.93. The summed E-state index contributed by atoms with van der Waals surface area (Å²) in [6, 6.07) is 4.30. The number of nitrogens with zero attached hydrogens (tertiary/aromatic N) is 1. The fourth-order valence-electron chi connectivity index (χ4n) is 2.37. The summed E-state index contributed by atoms with van der Waals surface area (Å²) in [5.41, 5.74) is 2.84. The summed E-state index contributed by atoms with van der Waals surface area (Å²) in [6.07, 6.45) is 1.14. The largest absolute Gasteiger partial charge is 1.00 e. The molecule has 0 spiro atoms. The highest BCUT2D eigenvalue weighted by molar-refractivity contribution is 5.49. The third kappa shape index (κ3) is 1.92. The molecule has 0 fully saturated rings. The number of halogens is 1. The van der Waals surface area contributed by atoms with Gasteiger partial charge in [-0.05, 0) is 17.7 Å². The molecule has 0 saturated heterocycles. The lowest BCUT2D eigenvalue weighted by Crippen LogP contribution is -3.00. The predicted octanol–water partition coefficient (Wildman–Crippen LogP) is -1.45. The molecule has 16 heavy (non-hydrogen) atoms. The van der Waals surface area contributed by atoms with Gasteiger partial charge in [0.05, 0.1) is 20.6 Å². The standard InChI is InChI=1S/C12H16NO2.BrH/c1-13(2)4-3-9-5-11-12(15-8-14-11)6-10(9)7-13;/h5-6H,3-4,7-8H2,1-2H3;1H/q+1;/p-1. The summed E-state index contributed by atoms with van der Waals surface area (Å²) in [5, 5.41) is 0. The van der Waals surface area contributed by atoms with Gasteiger partial charge in [0, 0.05) is 12.0 Å². The average molecular weight is 286 g/mol. The van der Waals surface area contributed by atoms with Crippen molar-refractivity contribution < 1.29 is 30.9 Å². The van der Waals surface area contributed by atoms with Crippen molar-refractivity contribution >= 4 is 0 Å². The molecule has 88 valence electrons. The summed E-state index contributed by atoms with van der Waals surface area (Å²) in [6.45, 7) is 2.66. The van der Waals surface area contributed by atoms with Gasteiger partial charge in [0.2, 0.25) is 6.79 Å². The Morgan fingerprint density at radius 2 is 1.69 bits per heavy atom. The number of fused-ring (bicyclic) bond motifs is 2. The van der Waals surface area contributed by atoms with E-state index >= 15 is 0 Å². The van der Waals surface area contributed by atoms with Gasteiger partial charge in [-0.25, -0.2) is 0 Å². The highest BCUT2D eigenvalue weighted by Crippen LogP contribution is 2.37. The normalized spacial score (nSPS) is 19.9. The minimum atomic E-state index is 0. The Hall–Kier alpha value is -0.740. The summed E-state index contributed by atoms with van der Waals surface area (Å²) in [5.74, 6) is 1.83. The van der Waals surface area contributed by atoms with Gasteiger partial charge >= 0.3 is 0 Å². The molecule has 0 saturated carbocycles. The van der Waals surface area contributed by atoms with Crippen LogP contribution in [0.4, 0.5) is 0 Å². The molecule has 0 aliphatic carbocycles. The van der Waals surface area contributed by atoms with Crippen molar-refractivity contribution in [2.75, 3.05) is 27.4 Å². The molecule has 0 aromatic heterocycles. The van der Waals surface area contributed by atoms with E-state index in [1.54, 1.807) is 0 Å². The lowest BCUT2D eigenvalue weighted by Gasteiger charge is -2.34. The monoisotopic (exact) mass is 285 g/mol. The number of quaternary nitrogens is 1. The molecule has 0 N–H and O–H groups in total. The molecule has 0 bridgehead atoms. The topological polar surface area (TPSA) is 18.5 Å². The Morgan fingerprint density at radius 3 is 2.38 bits per heavy atom. The van der Waals surface area contributed by atoms with Crippen LogP contribution in [0.25, 0.3) is 0 Å². The Kier molecular flexibility index (Phi) is 2.88. The molecule has 0 atom stereocenters. The molecule has 2 aliphatic rings. The molecule has 2 heterocycles. The van der Waals surface area contributed by atoms with Gasteiger partial charge in [-0.2, -0.15) is 0 Å². The van der Waals surface area contributed by atoms with Crippen molar-refractivity contribution in [2.24, 2.45) is 0 Å². The van der Waals surface area contributed by atoms with Crippen LogP contribution in [0, 0.1) is 0 Å². The van der Waals surface area contributed by atoms with Crippen LogP contribution in [-0.2, 0) is 13.0 Å². The first-order valence-electron chi connectivity index (χ1n) is 5.37. The zero-order valence-electron chi connectivity index (χ0n) is 9.62. The third-order valence-electron chi connectivity index (χ3n) is 3.28. The van der Waals surface area contributed by atoms with E-state index in [9.17, 15) is 0 Å². The summed E-state index contributed by atoms with van der Waals surface area (Å²) in [4.78, 5) is 0. The quantitative estimate of drug-likeness (QED) is 0.544. The highest BCUT2D eigenvalue weighted by Gasteiger charge is 2.27. The van der Waals surface area contributed by atoms with E-state index in [2.05, 4.69) is 26.2 Å². The van der Waals surface area contributed by atoms with Crippen LogP contribution < -0.4 is 26.5 Å². The molecular formula is C12H16BrNO2. The second-order valence-electron chi connectivity index (χ2n) is 5.04. The smallest absolute Gasteiger partial charge is 0.231 e. The highest BCUT2D eigenvalue weighted by atomic mass is 79.9. The molecule has 3 nitrogen and oxygen atoms in total. The lowest BCUT2D eigenvalue weighted by molar-refractivity contribution is -0.905. The number of hydrogen-bond donors (Lipinski definition) is 0. The van der Waals surface area contributed by atoms with Gasteiger partial charge in [0.15, 0.2) is 11.5 Å². The van der Waals surface area contributed by atoms with Crippen LogP contribution in [0.5, 0.6) is 11.5 Å². The van der Waals surface area contributed by atoms with Crippen molar-refractivity contribution in [3.63, 3.8) is 0 Å². The maximum absolute atomic E-state index is 5.40. The SMILES string of the molecule is C[N+]1(C)CCc2cc3c(cc2C1)OCO3.[Br-]. The maximum atomic E-state index is 5.40. The Morgan fingerprint density at radius 1 is 1.06 bits per heavy atom. The lowest BCUT2D eigenvalue weighted by atomic mass is 9.98. The first-order chi connectivity index (χ1) is 7.14. The predicted molar refractivity (Wildman–Crippen MR) is 56.9 cm³/mol. The Labute approximate surface area is 106 Å². The van der Waals surface area contributed by atoms with Gasteiger partial charge in [-0.1, -0.05) is 0 Å². The van der Waals surface area contributed by atoms with Crippen molar-refractivity contribution in [1.29, 1.82) is 0 Å². The molecule has 0 unspecified atom stereocenters. The van der Waals surface area contributed by atoms with Gasteiger partial charge in [-0.15, -0.1) is 0 Å². The van der Waals surface area contributed by atoms with Gasteiger partial charge < -0.3 is 30.9 Å². The first kappa shape index (κ1) is 11.7. The molecule has 1 aromatic rings. The van der Waals surface area contributed by atoms with Crippen LogP contribution in [0.1, 0.15) is 11.1 Å². The van der Waals surface area contributed by atoms with E-state index in [0.29, 0.717) is 6.79 Å². The van der Waals surface area contributed by atoms with Crippen LogP contribution in [-0.4, -0.2) is 31.9 Å². The number of hydrogen-bond acceptors (Lipinski definition) is 2. The van der Waals surface area contributed by atoms with E-state index < -0.39 is 0 Å². The van der Waals surface area contributed by atoms with Crippen LogP contribution in [0.3, 0.4) is 0 Å². The molecule has 3 rings (SSSR count). The van der Waals surface area contributed by atoms with Crippen molar-refractivity contribution in [1.82, 2.24) is 0 Å². The number of ether oxygens (including phenoxy) is 2. The third-order valence-corrected chi connectivity index (χ3v) is 3.28. The van der Waals surface area contributed by atoms with Crippen molar-refractivity contribution in [2.45, 2.75) is 13.0 Å². The van der Waals surface area contributed by atoms with E-state index in [1.807, 2.05) is 0 Å². The molecule has 4 heteroatoms. The second-order valence-corrected chi connectivity index (χ2v) is 5.04. The minimum absolute atomic E-state index is 0. The van der Waals surface area contributed by atoms with Gasteiger partial charge in [0.1, 0.15) is 6.54 Å². The summed E-state index contributed by atoms with van der Waals surface area (Å²) in [7, 11) is 4.54. The van der Waals surface area contributed by atoms with Gasteiger partial charge in [0.25, 0.3) is 0 Å². The zero-order valence-corrected chi connectivity index (χ0v) is 11.2. The molecule has 0 amide bonds. The molecule has 0 radical (unpaired) electrons. The van der Waals surface area contributed by atoms with Crippen molar-refractivity contribution in [3.05, 3.63) is 23.3 Å². The summed E-state index contributed by atoms with van der Waals surface area (Å²) >= 11 is 0. The first-order valence-corrected chi connectivity index (χ1v) is 5.37.